The molecule has 1 aromatic rings. The lowest BCUT2D eigenvalue weighted by Gasteiger charge is -2.26. The van der Waals surface area contributed by atoms with Crippen LogP contribution in [-0.2, 0) is 5.41 Å². The second-order valence-corrected chi connectivity index (χ2v) is 3.50. The van der Waals surface area contributed by atoms with Crippen LogP contribution in [0.2, 0.25) is 0 Å². The highest BCUT2D eigenvalue weighted by Gasteiger charge is 2.13. The highest BCUT2D eigenvalue weighted by molar-refractivity contribution is 5.23. The summed E-state index contributed by atoms with van der Waals surface area (Å²) >= 11 is 0. The number of hydrogen-bond donors (Lipinski definition) is 0. The Labute approximate surface area is 69.3 Å². The summed E-state index contributed by atoms with van der Waals surface area (Å²) in [5.41, 5.74) is 1.59. The highest BCUT2D eigenvalue weighted by atomic mass is 14.2. The average Bonchev–Trinajstić information content (AvgIpc) is 2.06. The molecule has 0 aliphatic rings. The Balaban J connectivity index is 2.93. The monoisotopic (exact) mass is 147 g/mol. The van der Waals surface area contributed by atoms with Gasteiger partial charge in [0.25, 0.3) is 0 Å². The van der Waals surface area contributed by atoms with E-state index in [-0.39, 0.29) is 5.41 Å². The predicted octanol–water partition coefficient (Wildman–Crippen LogP) is 3.19. The summed E-state index contributed by atoms with van der Waals surface area (Å²) in [4.78, 5) is 0. The lowest BCUT2D eigenvalue weighted by atomic mass is 9.82. The standard InChI is InChI=1S/C11H15/c1-4-11(2,3)10-8-6-5-7-9-10/h5-9H,1,4H2,2-3H3/q-1. The number of hydrogen-bond acceptors (Lipinski definition) is 0. The molecule has 0 heteroatoms. The van der Waals surface area contributed by atoms with Gasteiger partial charge in [-0.3, -0.25) is 0 Å². The van der Waals surface area contributed by atoms with E-state index in [1.165, 1.54) is 5.56 Å². The van der Waals surface area contributed by atoms with Crippen molar-refractivity contribution in [3.63, 3.8) is 0 Å². The minimum Gasteiger partial charge on any atom is -0.342 e. The van der Waals surface area contributed by atoms with Crippen molar-refractivity contribution >= 4 is 0 Å². The van der Waals surface area contributed by atoms with Gasteiger partial charge in [-0.25, -0.2) is 0 Å². The Hall–Kier alpha value is -0.780. The Bertz CT molecular complexity index is 209. The molecule has 0 aliphatic heterocycles. The quantitative estimate of drug-likeness (QED) is 0.563. The van der Waals surface area contributed by atoms with Crippen molar-refractivity contribution in [1.82, 2.24) is 0 Å². The fourth-order valence-electron chi connectivity index (χ4n) is 1.03. The molecule has 0 spiro atoms. The van der Waals surface area contributed by atoms with Gasteiger partial charge < -0.3 is 6.92 Å². The van der Waals surface area contributed by atoms with Crippen LogP contribution in [0.5, 0.6) is 0 Å². The van der Waals surface area contributed by atoms with Gasteiger partial charge in [0, 0.05) is 0 Å². The third kappa shape index (κ3) is 1.83. The zero-order valence-corrected chi connectivity index (χ0v) is 7.30. The van der Waals surface area contributed by atoms with Crippen LogP contribution in [0.15, 0.2) is 30.3 Å². The molecule has 11 heavy (non-hydrogen) atoms. The van der Waals surface area contributed by atoms with Crippen molar-refractivity contribution < 1.29 is 0 Å². The summed E-state index contributed by atoms with van der Waals surface area (Å²) < 4.78 is 0. The summed E-state index contributed by atoms with van der Waals surface area (Å²) in [6.07, 6.45) is 0.941. The minimum absolute atomic E-state index is 0.223. The average molecular weight is 147 g/mol. The minimum atomic E-state index is 0.223. The van der Waals surface area contributed by atoms with Crippen LogP contribution in [0, 0.1) is 6.92 Å². The largest absolute Gasteiger partial charge is 0.342 e. The molecule has 0 radical (unpaired) electrons. The predicted molar refractivity (Wildman–Crippen MR) is 49.4 cm³/mol. The molecule has 0 saturated carbocycles. The van der Waals surface area contributed by atoms with E-state index in [2.05, 4.69) is 45.0 Å². The van der Waals surface area contributed by atoms with Crippen molar-refractivity contribution in [3.05, 3.63) is 42.8 Å². The van der Waals surface area contributed by atoms with E-state index >= 15 is 0 Å². The first-order valence-electron chi connectivity index (χ1n) is 4.01. The molecule has 0 bridgehead atoms. The van der Waals surface area contributed by atoms with Gasteiger partial charge in [-0.2, -0.15) is 6.42 Å². The van der Waals surface area contributed by atoms with Crippen molar-refractivity contribution in [1.29, 1.82) is 0 Å². The summed E-state index contributed by atoms with van der Waals surface area (Å²) in [7, 11) is 0. The van der Waals surface area contributed by atoms with E-state index < -0.39 is 0 Å². The molecule has 0 saturated heterocycles. The highest BCUT2D eigenvalue weighted by Crippen LogP contribution is 2.25. The molecular formula is C11H15-. The first-order valence-corrected chi connectivity index (χ1v) is 4.01. The first kappa shape index (κ1) is 8.32. The topological polar surface area (TPSA) is 0 Å². The van der Waals surface area contributed by atoms with Crippen molar-refractivity contribution in [3.8, 4) is 0 Å². The first-order chi connectivity index (χ1) is 5.17. The molecule has 0 aliphatic carbocycles. The second-order valence-electron chi connectivity index (χ2n) is 3.50. The summed E-state index contributed by atoms with van der Waals surface area (Å²) in [5.74, 6) is 0. The van der Waals surface area contributed by atoms with E-state index in [0.29, 0.717) is 0 Å². The zero-order valence-electron chi connectivity index (χ0n) is 7.30. The van der Waals surface area contributed by atoms with Gasteiger partial charge in [0.1, 0.15) is 0 Å². The molecule has 0 aromatic heterocycles. The van der Waals surface area contributed by atoms with Gasteiger partial charge >= 0.3 is 0 Å². The molecule has 0 unspecified atom stereocenters. The third-order valence-electron chi connectivity index (χ3n) is 2.18. The normalized spacial score (nSPS) is 11.5. The van der Waals surface area contributed by atoms with Crippen LogP contribution in [0.1, 0.15) is 25.8 Å². The molecule has 60 valence electrons. The van der Waals surface area contributed by atoms with Gasteiger partial charge in [-0.1, -0.05) is 44.2 Å². The van der Waals surface area contributed by atoms with Crippen molar-refractivity contribution in [2.45, 2.75) is 25.7 Å². The Morgan fingerprint density at radius 3 is 2.18 bits per heavy atom. The SMILES string of the molecule is [CH2-]CC(C)(C)c1ccccc1. The fourth-order valence-corrected chi connectivity index (χ4v) is 1.03. The van der Waals surface area contributed by atoms with E-state index in [1.54, 1.807) is 0 Å². The van der Waals surface area contributed by atoms with Gasteiger partial charge in [0.05, 0.1) is 0 Å². The molecular weight excluding hydrogens is 132 g/mol. The maximum atomic E-state index is 3.93. The number of benzene rings is 1. The molecule has 0 heterocycles. The number of rotatable bonds is 2. The molecule has 0 fully saturated rings. The maximum absolute atomic E-state index is 3.93. The van der Waals surface area contributed by atoms with E-state index in [4.69, 9.17) is 0 Å². The van der Waals surface area contributed by atoms with Crippen LogP contribution in [0.25, 0.3) is 0 Å². The molecule has 0 nitrogen and oxygen atoms in total. The van der Waals surface area contributed by atoms with Crippen LogP contribution < -0.4 is 0 Å². The molecule has 1 rings (SSSR count). The van der Waals surface area contributed by atoms with Crippen LogP contribution in [-0.4, -0.2) is 0 Å². The van der Waals surface area contributed by atoms with Crippen molar-refractivity contribution in [2.75, 3.05) is 0 Å². The third-order valence-corrected chi connectivity index (χ3v) is 2.18. The van der Waals surface area contributed by atoms with Crippen LogP contribution in [0.4, 0.5) is 0 Å². The Morgan fingerprint density at radius 1 is 1.18 bits per heavy atom. The smallest absolute Gasteiger partial charge is 0.0375 e. The summed E-state index contributed by atoms with van der Waals surface area (Å²) in [5, 5.41) is 0. The summed E-state index contributed by atoms with van der Waals surface area (Å²) in [6, 6.07) is 10.5. The van der Waals surface area contributed by atoms with Gasteiger partial charge in [0.2, 0.25) is 0 Å². The van der Waals surface area contributed by atoms with Crippen LogP contribution in [0.3, 0.4) is 0 Å². The van der Waals surface area contributed by atoms with E-state index in [1.807, 2.05) is 6.07 Å². The summed E-state index contributed by atoms with van der Waals surface area (Å²) in [6.45, 7) is 8.37. The molecule has 0 N–H and O–H groups in total. The maximum Gasteiger partial charge on any atom is -0.0375 e. The Kier molecular flexibility index (Phi) is 2.33. The second kappa shape index (κ2) is 3.08. The molecule has 1 aromatic carbocycles. The Morgan fingerprint density at radius 2 is 1.73 bits per heavy atom. The molecule has 0 amide bonds. The fraction of sp³-hybridized carbons (Fsp3) is 0.364. The van der Waals surface area contributed by atoms with Crippen molar-refractivity contribution in [2.24, 2.45) is 0 Å². The lowest BCUT2D eigenvalue weighted by molar-refractivity contribution is 0.532. The molecule has 0 atom stereocenters. The van der Waals surface area contributed by atoms with Gasteiger partial charge in [-0.15, -0.1) is 0 Å². The van der Waals surface area contributed by atoms with E-state index in [9.17, 15) is 0 Å². The van der Waals surface area contributed by atoms with Gasteiger partial charge in [-0.05, 0) is 11.0 Å². The van der Waals surface area contributed by atoms with E-state index in [0.717, 1.165) is 6.42 Å². The zero-order chi connectivity index (χ0) is 8.32. The van der Waals surface area contributed by atoms with Crippen LogP contribution >= 0.6 is 0 Å². The van der Waals surface area contributed by atoms with Gasteiger partial charge in [0.15, 0.2) is 0 Å². The lowest BCUT2D eigenvalue weighted by Crippen LogP contribution is -2.14.